The van der Waals surface area contributed by atoms with Crippen molar-refractivity contribution in [3.8, 4) is 11.1 Å². The zero-order valence-electron chi connectivity index (χ0n) is 28.6. The summed E-state index contributed by atoms with van der Waals surface area (Å²) in [5.41, 5.74) is 1.37. The number of halogens is 3. The molecule has 2 aromatic rings. The van der Waals surface area contributed by atoms with Crippen LogP contribution in [0.15, 0.2) is 53.7 Å². The smallest absolute Gasteiger partial charge is 0.409 e. The van der Waals surface area contributed by atoms with E-state index in [1.165, 1.54) is 23.5 Å². The molecule has 2 heterocycles. The van der Waals surface area contributed by atoms with Crippen molar-refractivity contribution in [1.29, 1.82) is 0 Å². The maximum atomic E-state index is 13.8. The van der Waals surface area contributed by atoms with Gasteiger partial charge in [0.2, 0.25) is 0 Å². The van der Waals surface area contributed by atoms with E-state index < -0.39 is 78.2 Å². The van der Waals surface area contributed by atoms with Crippen molar-refractivity contribution in [2.24, 2.45) is 0 Å². The van der Waals surface area contributed by atoms with Crippen LogP contribution < -0.4 is 5.32 Å². The van der Waals surface area contributed by atoms with E-state index >= 15 is 0 Å². The van der Waals surface area contributed by atoms with Crippen LogP contribution in [0.5, 0.6) is 0 Å². The van der Waals surface area contributed by atoms with Gasteiger partial charge in [0.15, 0.2) is 25.0 Å². The first-order valence-electron chi connectivity index (χ1n) is 15.3. The molecule has 1 fully saturated rings. The molecule has 3 rings (SSSR count). The molecule has 7 nitrogen and oxygen atoms in total. The Morgan fingerprint density at radius 3 is 1.89 bits per heavy atom. The molecule has 46 heavy (non-hydrogen) atoms. The van der Waals surface area contributed by atoms with Crippen LogP contribution in [0.2, 0.25) is 58.9 Å². The summed E-state index contributed by atoms with van der Waals surface area (Å²) in [6.07, 6.45) is -2.55. The third-order valence-electron chi connectivity index (χ3n) is 6.82. The largest absolute Gasteiger partial charge is 0.471 e. The third kappa shape index (κ3) is 11.8. The van der Waals surface area contributed by atoms with Gasteiger partial charge < -0.3 is 23.3 Å². The molecule has 1 N–H and O–H groups in total. The van der Waals surface area contributed by atoms with E-state index in [-0.39, 0.29) is 0 Å². The van der Waals surface area contributed by atoms with Gasteiger partial charge in [0.25, 0.3) is 0 Å². The molecule has 1 aliphatic heterocycles. The van der Waals surface area contributed by atoms with Gasteiger partial charge in [-0.05, 0) is 94.5 Å². The topological polar surface area (TPSA) is 78.9 Å². The van der Waals surface area contributed by atoms with Gasteiger partial charge in [0.05, 0.1) is 6.04 Å². The first kappa shape index (κ1) is 39.3. The molecule has 0 aliphatic carbocycles. The van der Waals surface area contributed by atoms with Crippen molar-refractivity contribution in [2.45, 2.75) is 118 Å². The lowest BCUT2D eigenvalue weighted by Crippen LogP contribution is -2.69. The fraction of sp³-hybridized carbons (Fsp3) is 0.613. The maximum Gasteiger partial charge on any atom is 0.471 e. The summed E-state index contributed by atoms with van der Waals surface area (Å²) in [7, 11) is -6.72. The second-order valence-corrected chi connectivity index (χ2v) is 30.1. The molecule has 1 saturated heterocycles. The molecule has 1 amide bonds. The number of aromatic nitrogens is 1. The Balaban J connectivity index is 2.09. The average Bonchev–Trinajstić information content (AvgIpc) is 2.92. The van der Waals surface area contributed by atoms with Gasteiger partial charge in [0.1, 0.15) is 29.9 Å². The number of nitrogens with zero attached hydrogens (tertiary/aromatic N) is 1. The SMILES string of the molecule is CSC1O[C@H]([C@H](NC(=O)C(F)(F)F)[C@H](C)Sc2ccc(-c3cccnc3)cc2)C(O[Si](C)(C)C)C(O[Si](C)(C)C)[C@H]1O[Si](C)(C)C. The molecule has 7 atom stereocenters. The summed E-state index contributed by atoms with van der Waals surface area (Å²) in [6.45, 7) is 20.3. The Hall–Kier alpha value is -1.18. The van der Waals surface area contributed by atoms with Crippen LogP contribution in [-0.4, -0.2) is 89.4 Å². The second kappa shape index (κ2) is 15.6. The van der Waals surface area contributed by atoms with Crippen molar-refractivity contribution in [3.05, 3.63) is 48.8 Å². The molecular formula is C31H49F3N2O5S2Si3. The number of hydrogen-bond donors (Lipinski definition) is 1. The number of thioether (sulfide) groups is 2. The molecule has 0 spiro atoms. The van der Waals surface area contributed by atoms with Gasteiger partial charge >= 0.3 is 12.1 Å². The Morgan fingerprint density at radius 1 is 0.870 bits per heavy atom. The molecule has 1 aromatic heterocycles. The lowest BCUT2D eigenvalue weighted by Gasteiger charge is -2.52. The number of pyridine rings is 1. The molecule has 0 bridgehead atoms. The maximum absolute atomic E-state index is 13.8. The lowest BCUT2D eigenvalue weighted by atomic mass is 9.93. The molecule has 1 aliphatic rings. The first-order chi connectivity index (χ1) is 21.1. The number of rotatable bonds is 13. The zero-order chi connectivity index (χ0) is 34.7. The summed E-state index contributed by atoms with van der Waals surface area (Å²) >= 11 is 2.80. The minimum Gasteiger partial charge on any atom is -0.409 e. The van der Waals surface area contributed by atoms with Crippen LogP contribution in [0.3, 0.4) is 0 Å². The predicted octanol–water partition coefficient (Wildman–Crippen LogP) is 8.02. The third-order valence-corrected chi connectivity index (χ3v) is 11.8. The molecule has 3 unspecified atom stereocenters. The van der Waals surface area contributed by atoms with Gasteiger partial charge in [-0.3, -0.25) is 9.78 Å². The number of carbonyl (C=O) groups excluding carboxylic acids is 1. The van der Waals surface area contributed by atoms with Gasteiger partial charge in [-0.25, -0.2) is 0 Å². The molecular weight excluding hydrogens is 686 g/mol. The number of amides is 1. The van der Waals surface area contributed by atoms with Gasteiger partial charge in [-0.15, -0.1) is 23.5 Å². The van der Waals surface area contributed by atoms with E-state index in [1.54, 1.807) is 12.4 Å². The summed E-state index contributed by atoms with van der Waals surface area (Å²) in [6, 6.07) is 10.5. The second-order valence-electron chi connectivity index (χ2n) is 14.4. The molecule has 258 valence electrons. The molecule has 0 radical (unpaired) electrons. The lowest BCUT2D eigenvalue weighted by molar-refractivity contribution is -0.195. The van der Waals surface area contributed by atoms with Crippen LogP contribution in [0.25, 0.3) is 11.1 Å². The summed E-state index contributed by atoms with van der Waals surface area (Å²) < 4.78 is 68.4. The summed E-state index contributed by atoms with van der Waals surface area (Å²) in [4.78, 5) is 17.6. The van der Waals surface area contributed by atoms with Crippen LogP contribution in [0, 0.1) is 0 Å². The van der Waals surface area contributed by atoms with E-state index in [4.69, 9.17) is 18.0 Å². The fourth-order valence-corrected chi connectivity index (χ4v) is 10.3. The van der Waals surface area contributed by atoms with E-state index in [9.17, 15) is 18.0 Å². The zero-order valence-corrected chi connectivity index (χ0v) is 33.2. The van der Waals surface area contributed by atoms with E-state index in [0.29, 0.717) is 0 Å². The minimum absolute atomic E-state index is 0.507. The van der Waals surface area contributed by atoms with Crippen molar-refractivity contribution < 1.29 is 36.0 Å². The number of carbonyl (C=O) groups is 1. The number of alkyl halides is 3. The highest BCUT2D eigenvalue weighted by atomic mass is 32.2. The molecule has 15 heteroatoms. The van der Waals surface area contributed by atoms with Crippen LogP contribution in [0.4, 0.5) is 13.2 Å². The normalized spacial score (nSPS) is 24.3. The predicted molar refractivity (Wildman–Crippen MR) is 190 cm³/mol. The number of nitrogens with one attached hydrogen (secondary N) is 1. The summed E-state index contributed by atoms with van der Waals surface area (Å²) in [5.74, 6) is -2.02. The standard InChI is InChI=1S/C31H49F3N2O5S2Si3/c1-20(43-23-16-14-21(15-17-23)22-13-12-18-35-19-22)24(36-30(37)31(32,33)34)25-26(39-44(3,4)5)27(40-45(6,7)8)28(29(38-25)42-2)41-46(9,10)11/h12-20,24-29H,1-11H3,(H,36,37)/t20-,24+,25+,26?,27?,28+,29?/m0/s1. The van der Waals surface area contributed by atoms with Crippen molar-refractivity contribution in [2.75, 3.05) is 6.26 Å². The van der Waals surface area contributed by atoms with Crippen LogP contribution in [-0.2, 0) is 22.8 Å². The van der Waals surface area contributed by atoms with E-state index in [2.05, 4.69) is 49.6 Å². The highest BCUT2D eigenvalue weighted by Gasteiger charge is 2.55. The van der Waals surface area contributed by atoms with E-state index in [1.807, 2.05) is 69.2 Å². The fourth-order valence-electron chi connectivity index (χ4n) is 5.18. The van der Waals surface area contributed by atoms with Crippen molar-refractivity contribution in [3.63, 3.8) is 0 Å². The van der Waals surface area contributed by atoms with Gasteiger partial charge in [0, 0.05) is 22.5 Å². The molecule has 1 aromatic carbocycles. The molecule has 0 saturated carbocycles. The van der Waals surface area contributed by atoms with Gasteiger partial charge in [-0.2, -0.15) is 13.2 Å². The Kier molecular flexibility index (Phi) is 13.3. The van der Waals surface area contributed by atoms with Crippen molar-refractivity contribution in [1.82, 2.24) is 10.3 Å². The Morgan fingerprint density at radius 2 is 1.41 bits per heavy atom. The summed E-state index contributed by atoms with van der Waals surface area (Å²) in [5, 5.41) is 1.78. The highest BCUT2D eigenvalue weighted by Crippen LogP contribution is 2.40. The number of benzene rings is 1. The minimum atomic E-state index is -5.07. The van der Waals surface area contributed by atoms with E-state index in [0.717, 1.165) is 16.0 Å². The van der Waals surface area contributed by atoms with Crippen LogP contribution in [0.1, 0.15) is 6.92 Å². The number of ether oxygens (including phenoxy) is 1. The first-order valence-corrected chi connectivity index (χ1v) is 27.7. The Labute approximate surface area is 283 Å². The Bertz CT molecular complexity index is 1280. The monoisotopic (exact) mass is 734 g/mol. The van der Waals surface area contributed by atoms with Gasteiger partial charge in [-0.1, -0.05) is 25.1 Å². The average molecular weight is 735 g/mol. The number of hydrogen-bond acceptors (Lipinski definition) is 8. The highest BCUT2D eigenvalue weighted by molar-refractivity contribution is 8.00. The van der Waals surface area contributed by atoms with Crippen LogP contribution >= 0.6 is 23.5 Å². The quantitative estimate of drug-likeness (QED) is 0.164. The van der Waals surface area contributed by atoms with Crippen molar-refractivity contribution >= 4 is 54.4 Å².